The molecule has 0 amide bonds. The number of aliphatic imine (C=N–C) groups is 1. The van der Waals surface area contributed by atoms with Crippen LogP contribution in [-0.4, -0.2) is 56.2 Å². The molecule has 0 unspecified atom stereocenters. The molecule has 0 radical (unpaired) electrons. The first-order valence-corrected chi connectivity index (χ1v) is 10.0. The Morgan fingerprint density at radius 2 is 1.73 bits per heavy atom. The first-order valence-electron chi connectivity index (χ1n) is 10.0. The van der Waals surface area contributed by atoms with E-state index in [1.54, 1.807) is 0 Å². The van der Waals surface area contributed by atoms with E-state index in [-0.39, 0.29) is 0 Å². The number of likely N-dealkylation sites (tertiary alicyclic amines) is 1. The van der Waals surface area contributed by atoms with Crippen molar-refractivity contribution in [1.82, 2.24) is 15.5 Å². The molecular formula is C21H31N5. The van der Waals surface area contributed by atoms with Gasteiger partial charge in [-0.1, -0.05) is 24.3 Å². The van der Waals surface area contributed by atoms with Gasteiger partial charge in [-0.2, -0.15) is 0 Å². The SMILES string of the molecule is CN=C(NCc1ccc(N2CC=CC2)cc1)NC1CCN(C2CC2)CC1. The second-order valence-electron chi connectivity index (χ2n) is 7.65. The number of hydrogen-bond donors (Lipinski definition) is 2. The van der Waals surface area contributed by atoms with E-state index in [2.05, 4.69) is 61.8 Å². The van der Waals surface area contributed by atoms with Crippen molar-refractivity contribution in [3.05, 3.63) is 42.0 Å². The molecule has 1 aliphatic carbocycles. The molecule has 5 heteroatoms. The topological polar surface area (TPSA) is 42.9 Å². The lowest BCUT2D eigenvalue weighted by atomic mass is 10.1. The zero-order chi connectivity index (χ0) is 17.8. The normalized spacial score (nSPS) is 22.0. The first kappa shape index (κ1) is 17.4. The standard InChI is InChI=1S/C21H31N5/c1-22-21(24-18-10-14-26(15-11-18)20-8-9-20)23-16-17-4-6-19(7-5-17)25-12-2-3-13-25/h2-7,18,20H,8-16H2,1H3,(H2,22,23,24). The molecule has 1 saturated carbocycles. The quantitative estimate of drug-likeness (QED) is 0.484. The zero-order valence-electron chi connectivity index (χ0n) is 15.8. The smallest absolute Gasteiger partial charge is 0.191 e. The van der Waals surface area contributed by atoms with Gasteiger partial charge >= 0.3 is 0 Å². The fourth-order valence-corrected chi connectivity index (χ4v) is 3.94. The fraction of sp³-hybridized carbons (Fsp3) is 0.571. The van der Waals surface area contributed by atoms with Crippen LogP contribution < -0.4 is 15.5 Å². The van der Waals surface area contributed by atoms with Gasteiger partial charge in [0, 0.05) is 57.5 Å². The lowest BCUT2D eigenvalue weighted by Crippen LogP contribution is -2.48. The number of guanidine groups is 1. The van der Waals surface area contributed by atoms with Crippen LogP contribution in [0.15, 0.2) is 41.4 Å². The Labute approximate surface area is 157 Å². The van der Waals surface area contributed by atoms with E-state index in [1.165, 1.54) is 50.0 Å². The second-order valence-corrected chi connectivity index (χ2v) is 7.65. The zero-order valence-corrected chi connectivity index (χ0v) is 15.8. The molecule has 0 bridgehead atoms. The monoisotopic (exact) mass is 353 g/mol. The van der Waals surface area contributed by atoms with Crippen molar-refractivity contribution < 1.29 is 0 Å². The Hall–Kier alpha value is -2.01. The summed E-state index contributed by atoms with van der Waals surface area (Å²) < 4.78 is 0. The van der Waals surface area contributed by atoms with Crippen molar-refractivity contribution >= 4 is 11.6 Å². The molecular weight excluding hydrogens is 322 g/mol. The van der Waals surface area contributed by atoms with Crippen LogP contribution in [0.2, 0.25) is 0 Å². The number of hydrogen-bond acceptors (Lipinski definition) is 3. The molecule has 0 spiro atoms. The molecule has 1 saturated heterocycles. The Balaban J connectivity index is 1.22. The largest absolute Gasteiger partial charge is 0.364 e. The van der Waals surface area contributed by atoms with Gasteiger partial charge < -0.3 is 20.4 Å². The summed E-state index contributed by atoms with van der Waals surface area (Å²) in [5.74, 6) is 0.919. The van der Waals surface area contributed by atoms with Crippen LogP contribution in [0.3, 0.4) is 0 Å². The number of rotatable bonds is 5. The van der Waals surface area contributed by atoms with Crippen LogP contribution in [0.25, 0.3) is 0 Å². The minimum Gasteiger partial charge on any atom is -0.364 e. The Kier molecular flexibility index (Phi) is 5.44. The molecule has 0 atom stereocenters. The summed E-state index contributed by atoms with van der Waals surface area (Å²) in [6.07, 6.45) is 9.70. The number of anilines is 1. The third-order valence-electron chi connectivity index (χ3n) is 5.74. The molecule has 2 heterocycles. The van der Waals surface area contributed by atoms with Gasteiger partial charge in [0.25, 0.3) is 0 Å². The van der Waals surface area contributed by atoms with Gasteiger partial charge in [-0.15, -0.1) is 0 Å². The first-order chi connectivity index (χ1) is 12.8. The lowest BCUT2D eigenvalue weighted by molar-refractivity contribution is 0.197. The van der Waals surface area contributed by atoms with Gasteiger partial charge in [0.15, 0.2) is 5.96 Å². The molecule has 0 aromatic heterocycles. The Bertz CT molecular complexity index is 631. The lowest BCUT2D eigenvalue weighted by Gasteiger charge is -2.33. The third kappa shape index (κ3) is 4.39. The summed E-state index contributed by atoms with van der Waals surface area (Å²) in [5, 5.41) is 7.08. The van der Waals surface area contributed by atoms with E-state index in [0.717, 1.165) is 31.6 Å². The summed E-state index contributed by atoms with van der Waals surface area (Å²) in [7, 11) is 1.86. The number of nitrogens with zero attached hydrogens (tertiary/aromatic N) is 3. The van der Waals surface area contributed by atoms with Crippen molar-refractivity contribution in [3.63, 3.8) is 0 Å². The van der Waals surface area contributed by atoms with Crippen LogP contribution in [0.4, 0.5) is 5.69 Å². The highest BCUT2D eigenvalue weighted by Gasteiger charge is 2.31. The Morgan fingerprint density at radius 3 is 2.35 bits per heavy atom. The molecule has 1 aromatic carbocycles. The summed E-state index contributed by atoms with van der Waals surface area (Å²) in [6, 6.07) is 10.3. The van der Waals surface area contributed by atoms with E-state index >= 15 is 0 Å². The predicted molar refractivity (Wildman–Crippen MR) is 109 cm³/mol. The van der Waals surface area contributed by atoms with E-state index < -0.39 is 0 Å². The van der Waals surface area contributed by atoms with Crippen molar-refractivity contribution in [1.29, 1.82) is 0 Å². The van der Waals surface area contributed by atoms with E-state index in [1.807, 2.05) is 7.05 Å². The summed E-state index contributed by atoms with van der Waals surface area (Å²) in [4.78, 5) is 9.43. The predicted octanol–water partition coefficient (Wildman–Crippen LogP) is 2.35. The fourth-order valence-electron chi connectivity index (χ4n) is 3.94. The van der Waals surface area contributed by atoms with Crippen molar-refractivity contribution in [2.45, 2.75) is 44.3 Å². The minimum atomic E-state index is 0.543. The Morgan fingerprint density at radius 1 is 1.04 bits per heavy atom. The van der Waals surface area contributed by atoms with Crippen LogP contribution in [0.5, 0.6) is 0 Å². The van der Waals surface area contributed by atoms with E-state index in [0.29, 0.717) is 6.04 Å². The van der Waals surface area contributed by atoms with Crippen molar-refractivity contribution in [2.24, 2.45) is 4.99 Å². The maximum atomic E-state index is 4.41. The van der Waals surface area contributed by atoms with Gasteiger partial charge in [0.2, 0.25) is 0 Å². The molecule has 26 heavy (non-hydrogen) atoms. The van der Waals surface area contributed by atoms with E-state index in [9.17, 15) is 0 Å². The molecule has 2 fully saturated rings. The summed E-state index contributed by atoms with van der Waals surface area (Å²) >= 11 is 0. The molecule has 1 aromatic rings. The van der Waals surface area contributed by atoms with Gasteiger partial charge in [-0.3, -0.25) is 4.99 Å². The third-order valence-corrected chi connectivity index (χ3v) is 5.74. The van der Waals surface area contributed by atoms with E-state index in [4.69, 9.17) is 0 Å². The minimum absolute atomic E-state index is 0.543. The molecule has 2 N–H and O–H groups in total. The van der Waals surface area contributed by atoms with Crippen molar-refractivity contribution in [3.8, 4) is 0 Å². The van der Waals surface area contributed by atoms with Crippen molar-refractivity contribution in [2.75, 3.05) is 38.1 Å². The van der Waals surface area contributed by atoms with Gasteiger partial charge in [0.05, 0.1) is 0 Å². The molecule has 140 valence electrons. The molecule has 2 aliphatic heterocycles. The molecule has 4 rings (SSSR count). The average Bonchev–Trinajstić information content (AvgIpc) is 3.40. The average molecular weight is 354 g/mol. The summed E-state index contributed by atoms with van der Waals surface area (Å²) in [5.41, 5.74) is 2.58. The number of benzene rings is 1. The van der Waals surface area contributed by atoms with Crippen LogP contribution in [-0.2, 0) is 6.54 Å². The van der Waals surface area contributed by atoms with Crippen LogP contribution in [0, 0.1) is 0 Å². The number of nitrogens with one attached hydrogen (secondary N) is 2. The van der Waals surface area contributed by atoms with Crippen LogP contribution in [0.1, 0.15) is 31.2 Å². The maximum absolute atomic E-state index is 4.41. The second kappa shape index (κ2) is 8.12. The summed E-state index contributed by atoms with van der Waals surface area (Å²) in [6.45, 7) is 5.30. The number of piperidine rings is 1. The van der Waals surface area contributed by atoms with Crippen LogP contribution >= 0.6 is 0 Å². The van der Waals surface area contributed by atoms with Gasteiger partial charge in [-0.05, 0) is 43.4 Å². The van der Waals surface area contributed by atoms with Gasteiger partial charge in [0.1, 0.15) is 0 Å². The highest BCUT2D eigenvalue weighted by molar-refractivity contribution is 5.80. The maximum Gasteiger partial charge on any atom is 0.191 e. The molecule has 5 nitrogen and oxygen atoms in total. The highest BCUT2D eigenvalue weighted by atomic mass is 15.2. The van der Waals surface area contributed by atoms with Gasteiger partial charge in [-0.25, -0.2) is 0 Å². The highest BCUT2D eigenvalue weighted by Crippen LogP contribution is 2.29. The molecule has 3 aliphatic rings.